The lowest BCUT2D eigenvalue weighted by Gasteiger charge is -2.13. The Balaban J connectivity index is 2.08. The number of aryl methyl sites for hydroxylation is 2. The van der Waals surface area contributed by atoms with Crippen molar-refractivity contribution in [3.05, 3.63) is 51.9 Å². The van der Waals surface area contributed by atoms with Gasteiger partial charge in [-0.3, -0.25) is 9.52 Å². The van der Waals surface area contributed by atoms with Crippen LogP contribution in [0.25, 0.3) is 11.1 Å². The van der Waals surface area contributed by atoms with Crippen LogP contribution in [0.15, 0.2) is 35.3 Å². The molecule has 0 atom stereocenters. The molecule has 1 aliphatic rings. The van der Waals surface area contributed by atoms with Gasteiger partial charge in [0, 0.05) is 17.8 Å². The Morgan fingerprint density at radius 2 is 1.78 bits per heavy atom. The molecule has 0 aliphatic heterocycles. The van der Waals surface area contributed by atoms with Crippen LogP contribution in [0.1, 0.15) is 30.0 Å². The van der Waals surface area contributed by atoms with Gasteiger partial charge < -0.3 is 4.57 Å². The molecule has 0 saturated heterocycles. The van der Waals surface area contributed by atoms with Crippen molar-refractivity contribution in [2.24, 2.45) is 0 Å². The van der Waals surface area contributed by atoms with E-state index in [1.165, 1.54) is 0 Å². The average Bonchev–Trinajstić information content (AvgIpc) is 3.27. The minimum Gasteiger partial charge on any atom is -0.312 e. The van der Waals surface area contributed by atoms with Gasteiger partial charge in [-0.05, 0) is 55.5 Å². The van der Waals surface area contributed by atoms with E-state index >= 15 is 0 Å². The second-order valence-corrected chi connectivity index (χ2v) is 8.01. The summed E-state index contributed by atoms with van der Waals surface area (Å²) in [7, 11) is -3.33. The van der Waals surface area contributed by atoms with Crippen LogP contribution < -0.4 is 10.3 Å². The molecule has 1 aliphatic carbocycles. The van der Waals surface area contributed by atoms with Gasteiger partial charge in [0.25, 0.3) is 5.56 Å². The lowest BCUT2D eigenvalue weighted by atomic mass is 10.0. The first kappa shape index (κ1) is 15.8. The summed E-state index contributed by atoms with van der Waals surface area (Å²) in [5.41, 5.74) is 3.98. The number of anilines is 1. The minimum atomic E-state index is -3.33. The van der Waals surface area contributed by atoms with E-state index in [2.05, 4.69) is 4.72 Å². The predicted molar refractivity (Wildman–Crippen MR) is 92.3 cm³/mol. The summed E-state index contributed by atoms with van der Waals surface area (Å²) < 4.78 is 27.3. The highest BCUT2D eigenvalue weighted by Gasteiger charge is 2.25. The molecule has 0 spiro atoms. The van der Waals surface area contributed by atoms with Crippen molar-refractivity contribution in [2.75, 3.05) is 11.0 Å². The van der Waals surface area contributed by atoms with E-state index in [-0.39, 0.29) is 5.56 Å². The van der Waals surface area contributed by atoms with Crippen molar-refractivity contribution in [2.45, 2.75) is 32.7 Å². The monoisotopic (exact) mass is 332 g/mol. The number of pyridine rings is 1. The molecule has 0 bridgehead atoms. The van der Waals surface area contributed by atoms with Gasteiger partial charge in [0.05, 0.1) is 11.9 Å². The van der Waals surface area contributed by atoms with Crippen molar-refractivity contribution in [1.82, 2.24) is 4.57 Å². The molecule has 1 aromatic carbocycles. The Morgan fingerprint density at radius 1 is 1.09 bits per heavy atom. The van der Waals surface area contributed by atoms with Gasteiger partial charge in [-0.15, -0.1) is 0 Å². The van der Waals surface area contributed by atoms with E-state index < -0.39 is 10.0 Å². The number of sulfonamides is 1. The van der Waals surface area contributed by atoms with E-state index in [4.69, 9.17) is 0 Å². The largest absolute Gasteiger partial charge is 0.312 e. The SMILES string of the molecule is Cc1ccc(-c2cc(C)c(=O)n(C3CC3)c2)cc1NS(C)(=O)=O. The van der Waals surface area contributed by atoms with Crippen molar-refractivity contribution in [1.29, 1.82) is 0 Å². The van der Waals surface area contributed by atoms with E-state index in [0.717, 1.165) is 35.8 Å². The third-order valence-electron chi connectivity index (χ3n) is 4.03. The van der Waals surface area contributed by atoms with Crippen LogP contribution in [0, 0.1) is 13.8 Å². The number of rotatable bonds is 4. The van der Waals surface area contributed by atoms with Crippen LogP contribution in [0.2, 0.25) is 0 Å². The highest BCUT2D eigenvalue weighted by atomic mass is 32.2. The van der Waals surface area contributed by atoms with Crippen LogP contribution in [0.5, 0.6) is 0 Å². The number of hydrogen-bond acceptors (Lipinski definition) is 3. The maximum Gasteiger partial charge on any atom is 0.253 e. The second kappa shape index (κ2) is 5.53. The summed E-state index contributed by atoms with van der Waals surface area (Å²) in [5.74, 6) is 0. The third-order valence-corrected chi connectivity index (χ3v) is 4.62. The topological polar surface area (TPSA) is 68.2 Å². The Labute approximate surface area is 136 Å². The zero-order valence-corrected chi connectivity index (χ0v) is 14.3. The summed E-state index contributed by atoms with van der Waals surface area (Å²) in [6, 6.07) is 7.80. The van der Waals surface area contributed by atoms with Crippen molar-refractivity contribution in [3.63, 3.8) is 0 Å². The predicted octanol–water partition coefficient (Wildman–Crippen LogP) is 2.84. The molecule has 0 unspecified atom stereocenters. The fourth-order valence-electron chi connectivity index (χ4n) is 2.64. The van der Waals surface area contributed by atoms with E-state index in [1.807, 2.05) is 44.3 Å². The highest BCUT2D eigenvalue weighted by molar-refractivity contribution is 7.92. The number of aromatic nitrogens is 1. The molecular formula is C17H20N2O3S. The van der Waals surface area contributed by atoms with E-state index in [0.29, 0.717) is 17.3 Å². The van der Waals surface area contributed by atoms with Crippen LogP contribution in [0.4, 0.5) is 5.69 Å². The fourth-order valence-corrected chi connectivity index (χ4v) is 3.26. The van der Waals surface area contributed by atoms with Crippen LogP contribution in [-0.2, 0) is 10.0 Å². The molecule has 1 N–H and O–H groups in total. The second-order valence-electron chi connectivity index (χ2n) is 6.26. The van der Waals surface area contributed by atoms with Crippen LogP contribution >= 0.6 is 0 Å². The number of nitrogens with one attached hydrogen (secondary N) is 1. The summed E-state index contributed by atoms with van der Waals surface area (Å²) >= 11 is 0. The van der Waals surface area contributed by atoms with Gasteiger partial charge in [-0.2, -0.15) is 0 Å². The molecule has 122 valence electrons. The first-order chi connectivity index (χ1) is 10.7. The molecule has 1 saturated carbocycles. The summed E-state index contributed by atoms with van der Waals surface area (Å²) in [5, 5.41) is 0. The third kappa shape index (κ3) is 3.47. The Morgan fingerprint density at radius 3 is 2.39 bits per heavy atom. The zero-order chi connectivity index (χ0) is 16.8. The molecule has 2 aromatic rings. The lowest BCUT2D eigenvalue weighted by molar-refractivity contribution is 0.607. The van der Waals surface area contributed by atoms with Gasteiger partial charge in [0.1, 0.15) is 0 Å². The smallest absolute Gasteiger partial charge is 0.253 e. The van der Waals surface area contributed by atoms with Crippen LogP contribution in [0.3, 0.4) is 0 Å². The van der Waals surface area contributed by atoms with Gasteiger partial charge >= 0.3 is 0 Å². The number of hydrogen-bond donors (Lipinski definition) is 1. The summed E-state index contributed by atoms with van der Waals surface area (Å²) in [4.78, 5) is 12.2. The van der Waals surface area contributed by atoms with E-state index in [9.17, 15) is 13.2 Å². The van der Waals surface area contributed by atoms with Crippen molar-refractivity contribution in [3.8, 4) is 11.1 Å². The lowest BCUT2D eigenvalue weighted by Crippen LogP contribution is -2.20. The molecule has 0 amide bonds. The Hall–Kier alpha value is -2.08. The van der Waals surface area contributed by atoms with Gasteiger partial charge in [0.2, 0.25) is 10.0 Å². The Bertz CT molecular complexity index is 925. The standard InChI is InChI=1S/C17H20N2O3S/c1-11-4-5-13(9-16(11)18-23(3,21)22)14-8-12(2)17(20)19(10-14)15-6-7-15/h4-5,8-10,15,18H,6-7H2,1-3H3. The first-order valence-electron chi connectivity index (χ1n) is 7.56. The zero-order valence-electron chi connectivity index (χ0n) is 13.5. The van der Waals surface area contributed by atoms with Crippen LogP contribution in [-0.4, -0.2) is 19.2 Å². The highest BCUT2D eigenvalue weighted by Crippen LogP contribution is 2.35. The maximum absolute atomic E-state index is 12.2. The van der Waals surface area contributed by atoms with Crippen molar-refractivity contribution < 1.29 is 8.42 Å². The van der Waals surface area contributed by atoms with Crippen molar-refractivity contribution >= 4 is 15.7 Å². The molecule has 6 heteroatoms. The molecule has 1 fully saturated rings. The van der Waals surface area contributed by atoms with Gasteiger partial charge in [0.15, 0.2) is 0 Å². The quantitative estimate of drug-likeness (QED) is 0.936. The molecule has 3 rings (SSSR count). The first-order valence-corrected chi connectivity index (χ1v) is 9.45. The molecular weight excluding hydrogens is 312 g/mol. The van der Waals surface area contributed by atoms with Gasteiger partial charge in [-0.1, -0.05) is 12.1 Å². The molecule has 5 nitrogen and oxygen atoms in total. The molecule has 23 heavy (non-hydrogen) atoms. The van der Waals surface area contributed by atoms with E-state index in [1.54, 1.807) is 4.57 Å². The molecule has 0 radical (unpaired) electrons. The fraction of sp³-hybridized carbons (Fsp3) is 0.353. The maximum atomic E-state index is 12.2. The molecule has 1 heterocycles. The normalized spacial score (nSPS) is 14.7. The minimum absolute atomic E-state index is 0.0536. The average molecular weight is 332 g/mol. The van der Waals surface area contributed by atoms with Gasteiger partial charge in [-0.25, -0.2) is 8.42 Å². The Kier molecular flexibility index (Phi) is 3.80. The summed E-state index contributed by atoms with van der Waals surface area (Å²) in [6.45, 7) is 3.67. The number of benzene rings is 1. The molecule has 1 aromatic heterocycles. The number of nitrogens with zero attached hydrogens (tertiary/aromatic N) is 1. The summed E-state index contributed by atoms with van der Waals surface area (Å²) in [6.07, 6.45) is 5.09.